The summed E-state index contributed by atoms with van der Waals surface area (Å²) in [6.07, 6.45) is 0.346. The van der Waals surface area contributed by atoms with Gasteiger partial charge in [-0.1, -0.05) is 23.7 Å². The van der Waals surface area contributed by atoms with Crippen molar-refractivity contribution in [1.82, 2.24) is 25.1 Å². The minimum absolute atomic E-state index is 0.147. The van der Waals surface area contributed by atoms with Gasteiger partial charge in [0.1, 0.15) is 0 Å². The van der Waals surface area contributed by atoms with Crippen LogP contribution in [-0.2, 0) is 0 Å². The summed E-state index contributed by atoms with van der Waals surface area (Å²) in [6.45, 7) is 3.73. The molecular weight excluding hydrogens is 493 g/mol. The second-order valence-electron chi connectivity index (χ2n) is 9.45. The molecule has 3 aromatic rings. The van der Waals surface area contributed by atoms with Gasteiger partial charge in [-0.3, -0.25) is 0 Å². The van der Waals surface area contributed by atoms with Gasteiger partial charge in [-0.05, 0) is 68.3 Å². The smallest absolute Gasteiger partial charge is 0.429 e. The number of aromatic nitrogens is 4. The zero-order chi connectivity index (χ0) is 25.5. The van der Waals surface area contributed by atoms with Crippen LogP contribution in [0.4, 0.5) is 19.1 Å². The van der Waals surface area contributed by atoms with Gasteiger partial charge in [0.05, 0.1) is 17.1 Å². The topological polar surface area (TPSA) is 90.9 Å². The second kappa shape index (κ2) is 9.40. The molecule has 0 bridgehead atoms. The van der Waals surface area contributed by atoms with Crippen LogP contribution >= 0.6 is 11.6 Å². The fourth-order valence-corrected chi connectivity index (χ4v) is 5.11. The number of nitrogens with zero attached hydrogens (tertiary/aromatic N) is 4. The van der Waals surface area contributed by atoms with Gasteiger partial charge in [0.15, 0.2) is 0 Å². The Morgan fingerprint density at radius 2 is 2.03 bits per heavy atom. The number of hydrogen-bond donors (Lipinski definition) is 2. The molecule has 1 aliphatic carbocycles. The molecule has 7 nitrogen and oxygen atoms in total. The number of nitrogen functional groups attached to an aromatic ring is 1. The summed E-state index contributed by atoms with van der Waals surface area (Å²) in [5.74, 6) is -0.396. The van der Waals surface area contributed by atoms with E-state index in [1.165, 1.54) is 28.9 Å². The molecule has 1 spiro atoms. The van der Waals surface area contributed by atoms with Gasteiger partial charge in [0, 0.05) is 29.4 Å². The lowest BCUT2D eigenvalue weighted by Crippen LogP contribution is -2.28. The number of halogens is 4. The summed E-state index contributed by atoms with van der Waals surface area (Å²) in [5, 5.41) is 7.94. The largest absolute Gasteiger partial charge is 0.459 e. The van der Waals surface area contributed by atoms with Crippen LogP contribution < -0.4 is 15.8 Å². The lowest BCUT2D eigenvalue weighted by atomic mass is 9.74. The monoisotopic (exact) mass is 518 g/mol. The van der Waals surface area contributed by atoms with Crippen LogP contribution in [0.3, 0.4) is 0 Å². The van der Waals surface area contributed by atoms with E-state index in [0.29, 0.717) is 11.4 Å². The standard InChI is InChI=1S/C25H26ClF3N6O/c1-15-6-11-35(34-15)20-12-17(26)2-3-18(20)22(25(27,28)29)36-21-13-19(32-23(30)33-21)16-4-7-24(8-5-16)9-10-31-14-24/h2-4,6,11-13,22,31H,5,7-10,14H2,1H3,(H2,30,32,33)/t22-,24-/m1/s1. The van der Waals surface area contributed by atoms with E-state index in [4.69, 9.17) is 22.1 Å². The van der Waals surface area contributed by atoms with E-state index >= 15 is 0 Å². The Morgan fingerprint density at radius 3 is 2.67 bits per heavy atom. The highest BCUT2D eigenvalue weighted by molar-refractivity contribution is 6.30. The number of nitrogens with two attached hydrogens (primary N) is 1. The maximum absolute atomic E-state index is 14.3. The van der Waals surface area contributed by atoms with Crippen LogP contribution in [-0.4, -0.2) is 39.0 Å². The van der Waals surface area contributed by atoms with Crippen molar-refractivity contribution in [2.24, 2.45) is 5.41 Å². The van der Waals surface area contributed by atoms with Gasteiger partial charge < -0.3 is 15.8 Å². The van der Waals surface area contributed by atoms with Crippen LogP contribution in [0, 0.1) is 12.3 Å². The Morgan fingerprint density at radius 1 is 1.19 bits per heavy atom. The first-order valence-electron chi connectivity index (χ1n) is 11.7. The lowest BCUT2D eigenvalue weighted by Gasteiger charge is -2.31. The normalized spacial score (nSPS) is 21.0. The highest BCUT2D eigenvalue weighted by Gasteiger charge is 2.45. The fourth-order valence-electron chi connectivity index (χ4n) is 4.94. The number of allylic oxidation sites excluding steroid dienone is 2. The number of hydrogen-bond acceptors (Lipinski definition) is 6. The summed E-state index contributed by atoms with van der Waals surface area (Å²) in [7, 11) is 0. The molecule has 0 amide bonds. The van der Waals surface area contributed by atoms with Crippen molar-refractivity contribution in [3.05, 3.63) is 64.6 Å². The number of alkyl halides is 3. The van der Waals surface area contributed by atoms with Crippen molar-refractivity contribution in [3.8, 4) is 11.6 Å². The number of aryl methyl sites for hydroxylation is 1. The molecule has 1 saturated heterocycles. The summed E-state index contributed by atoms with van der Waals surface area (Å²) in [6, 6.07) is 7.22. The van der Waals surface area contributed by atoms with Gasteiger partial charge in [0.25, 0.3) is 0 Å². The molecule has 1 aromatic carbocycles. The second-order valence-corrected chi connectivity index (χ2v) is 9.89. The van der Waals surface area contributed by atoms with Crippen LogP contribution in [0.1, 0.15) is 48.7 Å². The van der Waals surface area contributed by atoms with Gasteiger partial charge in [-0.25, -0.2) is 9.67 Å². The number of anilines is 1. The number of benzene rings is 1. The molecule has 11 heteroatoms. The van der Waals surface area contributed by atoms with E-state index in [-0.39, 0.29) is 33.5 Å². The minimum Gasteiger partial charge on any atom is -0.459 e. The van der Waals surface area contributed by atoms with Gasteiger partial charge >= 0.3 is 6.18 Å². The average molecular weight is 519 g/mol. The summed E-state index contributed by atoms with van der Waals surface area (Å²) in [5.41, 5.74) is 8.22. The van der Waals surface area contributed by atoms with Crippen molar-refractivity contribution >= 4 is 23.1 Å². The molecule has 2 atom stereocenters. The predicted octanol–water partition coefficient (Wildman–Crippen LogP) is 5.44. The van der Waals surface area contributed by atoms with E-state index in [9.17, 15) is 13.2 Å². The van der Waals surface area contributed by atoms with Gasteiger partial charge in [0.2, 0.25) is 17.9 Å². The van der Waals surface area contributed by atoms with Crippen LogP contribution in [0.25, 0.3) is 11.3 Å². The molecular formula is C25H26ClF3N6O. The van der Waals surface area contributed by atoms with Gasteiger partial charge in [-0.15, -0.1) is 0 Å². The summed E-state index contributed by atoms with van der Waals surface area (Å²) < 4.78 is 49.9. The van der Waals surface area contributed by atoms with E-state index in [2.05, 4.69) is 26.5 Å². The van der Waals surface area contributed by atoms with E-state index in [1.807, 2.05) is 0 Å². The molecule has 1 aliphatic heterocycles. The zero-order valence-corrected chi connectivity index (χ0v) is 20.4. The molecule has 2 aliphatic rings. The predicted molar refractivity (Wildman–Crippen MR) is 131 cm³/mol. The van der Waals surface area contributed by atoms with Crippen LogP contribution in [0.15, 0.2) is 42.6 Å². The third-order valence-electron chi connectivity index (χ3n) is 6.87. The third-order valence-corrected chi connectivity index (χ3v) is 7.10. The van der Waals surface area contributed by atoms with E-state index in [1.54, 1.807) is 19.2 Å². The van der Waals surface area contributed by atoms with Crippen molar-refractivity contribution in [2.75, 3.05) is 18.8 Å². The molecule has 1 fully saturated rings. The molecule has 36 heavy (non-hydrogen) atoms. The number of ether oxygens (including phenoxy) is 1. The Bertz CT molecular complexity index is 1300. The van der Waals surface area contributed by atoms with Crippen molar-refractivity contribution < 1.29 is 17.9 Å². The Labute approximate surface area is 211 Å². The first kappa shape index (κ1) is 24.6. The Balaban J connectivity index is 1.48. The summed E-state index contributed by atoms with van der Waals surface area (Å²) in [4.78, 5) is 8.25. The fraction of sp³-hybridized carbons (Fsp3) is 0.400. The molecule has 2 aromatic heterocycles. The Kier molecular flexibility index (Phi) is 6.42. The maximum Gasteiger partial charge on any atom is 0.429 e. The highest BCUT2D eigenvalue weighted by atomic mass is 35.5. The van der Waals surface area contributed by atoms with Crippen molar-refractivity contribution in [1.29, 1.82) is 0 Å². The number of rotatable bonds is 5. The molecule has 0 saturated carbocycles. The first-order valence-corrected chi connectivity index (χ1v) is 12.1. The van der Waals surface area contributed by atoms with E-state index < -0.39 is 12.3 Å². The molecule has 3 N–H and O–H groups in total. The SMILES string of the molecule is Cc1ccn(-c2cc(Cl)ccc2[C@@H](Oc2cc(C3=CC[C@]4(CCNC4)CC3)nc(N)n2)C(F)(F)F)n1. The third kappa shape index (κ3) is 5.05. The van der Waals surface area contributed by atoms with Gasteiger partial charge in [-0.2, -0.15) is 23.3 Å². The molecule has 0 radical (unpaired) electrons. The minimum atomic E-state index is -4.75. The van der Waals surface area contributed by atoms with E-state index in [0.717, 1.165) is 44.3 Å². The maximum atomic E-state index is 14.3. The quantitative estimate of drug-likeness (QED) is 0.467. The van der Waals surface area contributed by atoms with Crippen molar-refractivity contribution in [2.45, 2.75) is 44.9 Å². The molecule has 0 unspecified atom stereocenters. The first-order chi connectivity index (χ1) is 17.1. The van der Waals surface area contributed by atoms with Crippen molar-refractivity contribution in [3.63, 3.8) is 0 Å². The zero-order valence-electron chi connectivity index (χ0n) is 19.6. The highest BCUT2D eigenvalue weighted by Crippen LogP contribution is 2.43. The Hall–Kier alpha value is -3.11. The molecule has 3 heterocycles. The lowest BCUT2D eigenvalue weighted by molar-refractivity contribution is -0.198. The molecule has 190 valence electrons. The molecule has 5 rings (SSSR count). The van der Waals surface area contributed by atoms with Crippen LogP contribution in [0.5, 0.6) is 5.88 Å². The summed E-state index contributed by atoms with van der Waals surface area (Å²) >= 11 is 6.11. The van der Waals surface area contributed by atoms with Crippen LogP contribution in [0.2, 0.25) is 5.02 Å². The average Bonchev–Trinajstić information content (AvgIpc) is 3.46. The number of nitrogens with one attached hydrogen (secondary N) is 1.